The Bertz CT molecular complexity index is 614. The topological polar surface area (TPSA) is 158 Å². The quantitative estimate of drug-likeness (QED) is 0.268. The van der Waals surface area contributed by atoms with Crippen LogP contribution in [0.25, 0.3) is 0 Å². The molecule has 0 radical (unpaired) electrons. The molecule has 3 rings (SSSR count). The highest BCUT2D eigenvalue weighted by Crippen LogP contribution is 2.30. The lowest BCUT2D eigenvalue weighted by Crippen LogP contribution is -2.61. The molecule has 0 spiro atoms. The van der Waals surface area contributed by atoms with Crippen LogP contribution in [0.15, 0.2) is 30.3 Å². The number of aliphatic hydroxyl groups excluding tert-OH is 6. The van der Waals surface area contributed by atoms with E-state index in [0.29, 0.717) is 0 Å². The Morgan fingerprint density at radius 1 is 0.724 bits per heavy atom. The third-order valence-corrected chi connectivity index (χ3v) is 5.19. The van der Waals surface area contributed by atoms with Gasteiger partial charge < -0.3 is 49.6 Å². The molecule has 2 heterocycles. The van der Waals surface area contributed by atoms with Crippen LogP contribution >= 0.6 is 0 Å². The van der Waals surface area contributed by atoms with Gasteiger partial charge in [-0.15, -0.1) is 0 Å². The van der Waals surface area contributed by atoms with Gasteiger partial charge >= 0.3 is 0 Å². The van der Waals surface area contributed by atoms with E-state index in [0.717, 1.165) is 5.56 Å². The SMILES string of the molecule is OC[C@@H]1O[C@@H](O[C@H]2[C@H](O)[C@@H](CO)O[C@@H]2CO)[C@H](O)[C@@H](OCc2ccccc2)[C@@H]1O. The second kappa shape index (κ2) is 10.2. The third kappa shape index (κ3) is 4.94. The molecular formula is C19H28O10. The van der Waals surface area contributed by atoms with Gasteiger partial charge in [-0.25, -0.2) is 0 Å². The highest BCUT2D eigenvalue weighted by Gasteiger charge is 2.50. The van der Waals surface area contributed by atoms with E-state index in [1.165, 1.54) is 0 Å². The van der Waals surface area contributed by atoms with Gasteiger partial charge in [-0.2, -0.15) is 0 Å². The van der Waals surface area contributed by atoms with Crippen molar-refractivity contribution in [3.05, 3.63) is 35.9 Å². The van der Waals surface area contributed by atoms with Crippen LogP contribution in [-0.4, -0.2) is 106 Å². The molecule has 0 saturated carbocycles. The van der Waals surface area contributed by atoms with Crippen LogP contribution in [0.3, 0.4) is 0 Å². The first kappa shape index (κ1) is 22.5. The van der Waals surface area contributed by atoms with E-state index in [1.807, 2.05) is 30.3 Å². The van der Waals surface area contributed by atoms with Crippen molar-refractivity contribution >= 4 is 0 Å². The van der Waals surface area contributed by atoms with Crippen molar-refractivity contribution in [1.82, 2.24) is 0 Å². The molecule has 0 bridgehead atoms. The molecule has 10 nitrogen and oxygen atoms in total. The molecule has 2 aliphatic heterocycles. The fourth-order valence-electron chi connectivity index (χ4n) is 3.56. The molecule has 0 aromatic heterocycles. The van der Waals surface area contributed by atoms with Crippen molar-refractivity contribution in [2.45, 2.75) is 61.7 Å². The molecule has 0 unspecified atom stereocenters. The van der Waals surface area contributed by atoms with E-state index in [9.17, 15) is 30.6 Å². The van der Waals surface area contributed by atoms with Crippen molar-refractivity contribution in [3.8, 4) is 0 Å². The number of rotatable bonds is 8. The molecule has 10 heteroatoms. The zero-order chi connectivity index (χ0) is 21.0. The van der Waals surface area contributed by atoms with E-state index < -0.39 is 74.9 Å². The third-order valence-electron chi connectivity index (χ3n) is 5.19. The summed E-state index contributed by atoms with van der Waals surface area (Å²) in [6, 6.07) is 9.14. The van der Waals surface area contributed by atoms with Crippen molar-refractivity contribution in [3.63, 3.8) is 0 Å². The van der Waals surface area contributed by atoms with E-state index in [-0.39, 0.29) is 6.61 Å². The average Bonchev–Trinajstić information content (AvgIpc) is 3.05. The largest absolute Gasteiger partial charge is 0.394 e. The van der Waals surface area contributed by atoms with Gasteiger partial charge in [0.05, 0.1) is 26.4 Å². The maximum absolute atomic E-state index is 10.7. The highest BCUT2D eigenvalue weighted by molar-refractivity contribution is 5.13. The molecule has 2 aliphatic rings. The first-order chi connectivity index (χ1) is 14.0. The van der Waals surface area contributed by atoms with Crippen LogP contribution < -0.4 is 0 Å². The molecule has 2 fully saturated rings. The average molecular weight is 416 g/mol. The molecule has 6 N–H and O–H groups in total. The van der Waals surface area contributed by atoms with Crippen LogP contribution in [-0.2, 0) is 25.6 Å². The molecule has 29 heavy (non-hydrogen) atoms. The molecular weight excluding hydrogens is 388 g/mol. The maximum Gasteiger partial charge on any atom is 0.187 e. The predicted octanol–water partition coefficient (Wildman–Crippen LogP) is -2.49. The van der Waals surface area contributed by atoms with Gasteiger partial charge in [-0.3, -0.25) is 0 Å². The van der Waals surface area contributed by atoms with Gasteiger partial charge in [0.2, 0.25) is 0 Å². The molecule has 0 amide bonds. The molecule has 9 atom stereocenters. The summed E-state index contributed by atoms with van der Waals surface area (Å²) in [5.74, 6) is 0. The fourth-order valence-corrected chi connectivity index (χ4v) is 3.56. The fraction of sp³-hybridized carbons (Fsp3) is 0.684. The summed E-state index contributed by atoms with van der Waals surface area (Å²) in [6.45, 7) is -1.41. The Morgan fingerprint density at radius 3 is 1.93 bits per heavy atom. The first-order valence-electron chi connectivity index (χ1n) is 9.48. The molecule has 164 valence electrons. The normalized spacial score (nSPS) is 40.3. The van der Waals surface area contributed by atoms with Crippen molar-refractivity contribution in [2.75, 3.05) is 19.8 Å². The van der Waals surface area contributed by atoms with Crippen LogP contribution in [0.5, 0.6) is 0 Å². The molecule has 1 aromatic carbocycles. The zero-order valence-electron chi connectivity index (χ0n) is 15.7. The number of hydrogen-bond acceptors (Lipinski definition) is 10. The van der Waals surface area contributed by atoms with E-state index in [1.54, 1.807) is 0 Å². The number of hydrogen-bond donors (Lipinski definition) is 6. The second-order valence-electron chi connectivity index (χ2n) is 7.14. The van der Waals surface area contributed by atoms with Crippen LogP contribution in [0.1, 0.15) is 5.56 Å². The maximum atomic E-state index is 10.7. The standard InChI is InChI=1S/C19H28O10/c20-6-11-14(23)17(13(8-22)27-11)29-19-16(25)18(15(24)12(7-21)28-19)26-9-10-4-2-1-3-5-10/h1-5,11-25H,6-9H2/t11-,12+,13-,14-,15-,16-,17-,18+,19+/m1/s1. The summed E-state index contributed by atoms with van der Waals surface area (Å²) < 4.78 is 22.1. The van der Waals surface area contributed by atoms with Gasteiger partial charge in [-0.1, -0.05) is 30.3 Å². The van der Waals surface area contributed by atoms with E-state index >= 15 is 0 Å². The summed E-state index contributed by atoms with van der Waals surface area (Å²) in [7, 11) is 0. The second-order valence-corrected chi connectivity index (χ2v) is 7.14. The Morgan fingerprint density at radius 2 is 1.31 bits per heavy atom. The van der Waals surface area contributed by atoms with Gasteiger partial charge in [0, 0.05) is 0 Å². The van der Waals surface area contributed by atoms with E-state index in [2.05, 4.69) is 0 Å². The van der Waals surface area contributed by atoms with Crippen LogP contribution in [0.4, 0.5) is 0 Å². The summed E-state index contributed by atoms with van der Waals surface area (Å²) in [6.07, 6.45) is -10.6. The van der Waals surface area contributed by atoms with Crippen molar-refractivity contribution < 1.29 is 49.6 Å². The summed E-state index contributed by atoms with van der Waals surface area (Å²) in [4.78, 5) is 0. The minimum atomic E-state index is -1.45. The number of benzene rings is 1. The molecule has 0 aliphatic carbocycles. The lowest BCUT2D eigenvalue weighted by molar-refractivity contribution is -0.324. The van der Waals surface area contributed by atoms with Crippen LogP contribution in [0.2, 0.25) is 0 Å². The highest BCUT2D eigenvalue weighted by atomic mass is 16.7. The smallest absolute Gasteiger partial charge is 0.187 e. The Kier molecular flexibility index (Phi) is 7.93. The molecule has 2 saturated heterocycles. The van der Waals surface area contributed by atoms with Gasteiger partial charge in [0.15, 0.2) is 6.29 Å². The van der Waals surface area contributed by atoms with Gasteiger partial charge in [0.1, 0.15) is 48.8 Å². The van der Waals surface area contributed by atoms with Crippen molar-refractivity contribution in [2.24, 2.45) is 0 Å². The molecule has 1 aromatic rings. The minimum absolute atomic E-state index is 0.103. The van der Waals surface area contributed by atoms with E-state index in [4.69, 9.17) is 18.9 Å². The lowest BCUT2D eigenvalue weighted by Gasteiger charge is -2.43. The van der Waals surface area contributed by atoms with Gasteiger partial charge in [0.25, 0.3) is 0 Å². The Balaban J connectivity index is 1.71. The predicted molar refractivity (Wildman–Crippen MR) is 96.5 cm³/mol. The van der Waals surface area contributed by atoms with Crippen molar-refractivity contribution in [1.29, 1.82) is 0 Å². The lowest BCUT2D eigenvalue weighted by atomic mass is 9.98. The zero-order valence-corrected chi connectivity index (χ0v) is 15.7. The minimum Gasteiger partial charge on any atom is -0.394 e. The number of aliphatic hydroxyl groups is 6. The Hall–Kier alpha value is -1.18. The monoisotopic (exact) mass is 416 g/mol. The summed E-state index contributed by atoms with van der Waals surface area (Å²) in [5.41, 5.74) is 0.821. The first-order valence-corrected chi connectivity index (χ1v) is 9.48. The van der Waals surface area contributed by atoms with Crippen LogP contribution in [0, 0.1) is 0 Å². The van der Waals surface area contributed by atoms with Gasteiger partial charge in [-0.05, 0) is 5.56 Å². The summed E-state index contributed by atoms with van der Waals surface area (Å²) in [5, 5.41) is 59.6. The Labute approximate surface area is 167 Å². The summed E-state index contributed by atoms with van der Waals surface area (Å²) >= 11 is 0. The number of ether oxygens (including phenoxy) is 4.